The van der Waals surface area contributed by atoms with Gasteiger partial charge >= 0.3 is 5.69 Å². The molecule has 1 aromatic heterocycles. The van der Waals surface area contributed by atoms with Crippen LogP contribution in [0.3, 0.4) is 0 Å². The van der Waals surface area contributed by atoms with Crippen LogP contribution >= 0.6 is 0 Å². The van der Waals surface area contributed by atoms with Crippen molar-refractivity contribution in [3.63, 3.8) is 0 Å². The number of aromatic amines is 1. The van der Waals surface area contributed by atoms with E-state index in [4.69, 9.17) is 4.74 Å². The van der Waals surface area contributed by atoms with Crippen molar-refractivity contribution in [3.05, 3.63) is 32.6 Å². The molecule has 0 aliphatic carbocycles. The number of rotatable bonds is 5. The number of nitrogens with one attached hydrogen (secondary N) is 1. The van der Waals surface area contributed by atoms with Gasteiger partial charge in [-0.05, 0) is 12.8 Å². The van der Waals surface area contributed by atoms with Crippen molar-refractivity contribution in [2.45, 2.75) is 57.8 Å². The number of carbonyl (C=O) groups is 1. The van der Waals surface area contributed by atoms with Crippen molar-refractivity contribution in [3.8, 4) is 11.8 Å². The Labute approximate surface area is 149 Å². The lowest BCUT2D eigenvalue weighted by atomic mass is 9.97. The molecule has 1 aliphatic rings. The van der Waals surface area contributed by atoms with Crippen LogP contribution in [0.5, 0.6) is 0 Å². The number of Topliss-reactive ketones (excluding diaryl/α,β-unsaturated/α-hetero) is 1. The Morgan fingerprint density at radius 3 is 2.58 bits per heavy atom. The lowest BCUT2D eigenvalue weighted by molar-refractivity contribution is -0.142. The number of carbonyl (C=O) groups excluding carboxylic acids is 1. The first kappa shape index (κ1) is 20.1. The van der Waals surface area contributed by atoms with Crippen molar-refractivity contribution in [2.24, 2.45) is 5.92 Å². The molecule has 1 saturated heterocycles. The Kier molecular flexibility index (Phi) is 6.15. The second-order valence-electron chi connectivity index (χ2n) is 6.57. The van der Waals surface area contributed by atoms with Crippen LogP contribution in [-0.4, -0.2) is 55.1 Å². The quantitative estimate of drug-likeness (QED) is 0.465. The summed E-state index contributed by atoms with van der Waals surface area (Å²) in [5, 5.41) is 30.5. The summed E-state index contributed by atoms with van der Waals surface area (Å²) < 4.78 is 6.28. The number of hydrogen-bond donors (Lipinski definition) is 4. The number of nitrogens with zero attached hydrogens (tertiary/aromatic N) is 1. The van der Waals surface area contributed by atoms with Gasteiger partial charge in [0.1, 0.15) is 30.0 Å². The fraction of sp³-hybridized carbons (Fsp3) is 0.588. The SMILES string of the molecule is CC#Cc1cn([C@@H]2O[C@H](C(O)C(=O)CC(C)C)[C@@H](O)[C@@H]2O)c(=O)[nH]c1=O. The maximum Gasteiger partial charge on any atom is 0.330 e. The van der Waals surface area contributed by atoms with Gasteiger partial charge < -0.3 is 20.1 Å². The number of aliphatic hydroxyl groups excluding tert-OH is 3. The Morgan fingerprint density at radius 1 is 1.35 bits per heavy atom. The zero-order valence-corrected chi connectivity index (χ0v) is 14.7. The molecule has 9 nitrogen and oxygen atoms in total. The third kappa shape index (κ3) is 3.94. The predicted molar refractivity (Wildman–Crippen MR) is 90.3 cm³/mol. The summed E-state index contributed by atoms with van der Waals surface area (Å²) >= 11 is 0. The third-order valence-electron chi connectivity index (χ3n) is 4.03. The third-order valence-corrected chi connectivity index (χ3v) is 4.03. The molecule has 2 heterocycles. The normalized spacial score (nSPS) is 26.4. The summed E-state index contributed by atoms with van der Waals surface area (Å²) in [6.45, 7) is 5.10. The van der Waals surface area contributed by atoms with Gasteiger partial charge in [0.25, 0.3) is 5.56 Å². The number of aromatic nitrogens is 2. The predicted octanol–water partition coefficient (Wildman–Crippen LogP) is -1.50. The van der Waals surface area contributed by atoms with Crippen LogP contribution in [-0.2, 0) is 9.53 Å². The first-order valence-electron chi connectivity index (χ1n) is 8.18. The molecule has 1 unspecified atom stereocenters. The maximum atomic E-state index is 12.0. The number of ether oxygens (including phenoxy) is 1. The average molecular weight is 366 g/mol. The standard InChI is InChI=1S/C17H22N2O7/c1-4-5-9-7-19(17(25)18-15(9)24)16-13(23)12(22)14(26-16)11(21)10(20)6-8(2)3/h7-8,11-14,16,21-23H,6H2,1-3H3,(H,18,24,25)/t11?,12-,13-,14+,16+/m0/s1. The first-order valence-corrected chi connectivity index (χ1v) is 8.18. The topological polar surface area (TPSA) is 142 Å². The van der Waals surface area contributed by atoms with E-state index in [0.717, 1.165) is 10.8 Å². The van der Waals surface area contributed by atoms with E-state index in [1.165, 1.54) is 6.92 Å². The van der Waals surface area contributed by atoms with Crippen LogP contribution in [0.1, 0.15) is 39.0 Å². The van der Waals surface area contributed by atoms with E-state index in [9.17, 15) is 29.7 Å². The van der Waals surface area contributed by atoms with Gasteiger partial charge in [0.2, 0.25) is 0 Å². The molecule has 9 heteroatoms. The Hall–Kier alpha value is -2.25. The molecular weight excluding hydrogens is 344 g/mol. The van der Waals surface area contributed by atoms with E-state index in [-0.39, 0.29) is 17.9 Å². The minimum absolute atomic E-state index is 0.00610. The van der Waals surface area contributed by atoms with E-state index < -0.39 is 47.7 Å². The summed E-state index contributed by atoms with van der Waals surface area (Å²) in [6.07, 6.45) is -6.45. The fourth-order valence-corrected chi connectivity index (χ4v) is 2.78. The fourth-order valence-electron chi connectivity index (χ4n) is 2.78. The van der Waals surface area contributed by atoms with Gasteiger partial charge in [0, 0.05) is 12.6 Å². The zero-order chi connectivity index (χ0) is 19.6. The maximum absolute atomic E-state index is 12.0. The zero-order valence-electron chi connectivity index (χ0n) is 14.7. The van der Waals surface area contributed by atoms with Crippen LogP contribution in [0.2, 0.25) is 0 Å². The molecule has 0 saturated carbocycles. The largest absolute Gasteiger partial charge is 0.387 e. The highest BCUT2D eigenvalue weighted by atomic mass is 16.6. The Balaban J connectivity index is 2.34. The van der Waals surface area contributed by atoms with E-state index in [1.807, 2.05) is 4.98 Å². The molecule has 5 atom stereocenters. The summed E-state index contributed by atoms with van der Waals surface area (Å²) in [5.41, 5.74) is -1.61. The number of ketones is 1. The molecule has 1 aromatic rings. The highest BCUT2D eigenvalue weighted by Gasteiger charge is 2.48. The molecule has 1 fully saturated rings. The minimum atomic E-state index is -1.65. The molecule has 0 radical (unpaired) electrons. The second kappa shape index (κ2) is 7.97. The molecule has 26 heavy (non-hydrogen) atoms. The van der Waals surface area contributed by atoms with Crippen LogP contribution in [0.25, 0.3) is 0 Å². The number of aliphatic hydroxyl groups is 3. The molecule has 0 aromatic carbocycles. The van der Waals surface area contributed by atoms with Crippen molar-refractivity contribution in [2.75, 3.05) is 0 Å². The van der Waals surface area contributed by atoms with E-state index in [2.05, 4.69) is 11.8 Å². The highest BCUT2D eigenvalue weighted by molar-refractivity contribution is 5.83. The summed E-state index contributed by atoms with van der Waals surface area (Å²) in [5.74, 6) is 4.48. The van der Waals surface area contributed by atoms with Gasteiger partial charge in [-0.25, -0.2) is 4.79 Å². The molecule has 0 bridgehead atoms. The average Bonchev–Trinajstić information content (AvgIpc) is 2.84. The van der Waals surface area contributed by atoms with Crippen molar-refractivity contribution in [1.82, 2.24) is 9.55 Å². The molecule has 2 rings (SSSR count). The van der Waals surface area contributed by atoms with E-state index >= 15 is 0 Å². The van der Waals surface area contributed by atoms with E-state index in [1.54, 1.807) is 13.8 Å². The second-order valence-corrected chi connectivity index (χ2v) is 6.57. The molecule has 4 N–H and O–H groups in total. The van der Waals surface area contributed by atoms with Gasteiger partial charge in [-0.3, -0.25) is 19.1 Å². The van der Waals surface area contributed by atoms with Gasteiger partial charge in [0.15, 0.2) is 12.0 Å². The number of hydrogen-bond acceptors (Lipinski definition) is 7. The van der Waals surface area contributed by atoms with Crippen molar-refractivity contribution >= 4 is 5.78 Å². The van der Waals surface area contributed by atoms with Crippen LogP contribution in [0.4, 0.5) is 0 Å². The molecule has 142 valence electrons. The Bertz CT molecular complexity index is 845. The lowest BCUT2D eigenvalue weighted by Gasteiger charge is -2.20. The minimum Gasteiger partial charge on any atom is -0.387 e. The number of H-pyrrole nitrogens is 1. The van der Waals surface area contributed by atoms with Crippen LogP contribution in [0.15, 0.2) is 15.8 Å². The first-order chi connectivity index (χ1) is 12.2. The summed E-state index contributed by atoms with van der Waals surface area (Å²) in [4.78, 5) is 37.8. The van der Waals surface area contributed by atoms with Crippen LogP contribution in [0, 0.1) is 17.8 Å². The summed E-state index contributed by atoms with van der Waals surface area (Å²) in [6, 6.07) is 0. The van der Waals surface area contributed by atoms with Crippen LogP contribution < -0.4 is 11.2 Å². The highest BCUT2D eigenvalue weighted by Crippen LogP contribution is 2.31. The van der Waals surface area contributed by atoms with Gasteiger partial charge in [-0.15, -0.1) is 5.92 Å². The van der Waals surface area contributed by atoms with Crippen molar-refractivity contribution in [1.29, 1.82) is 0 Å². The molecule has 0 spiro atoms. The van der Waals surface area contributed by atoms with Crippen molar-refractivity contribution < 1.29 is 24.9 Å². The monoisotopic (exact) mass is 366 g/mol. The van der Waals surface area contributed by atoms with Gasteiger partial charge in [-0.1, -0.05) is 19.8 Å². The van der Waals surface area contributed by atoms with Gasteiger partial charge in [-0.2, -0.15) is 0 Å². The smallest absolute Gasteiger partial charge is 0.330 e. The summed E-state index contributed by atoms with van der Waals surface area (Å²) in [7, 11) is 0. The van der Waals surface area contributed by atoms with Gasteiger partial charge in [0.05, 0.1) is 0 Å². The molecular formula is C17H22N2O7. The van der Waals surface area contributed by atoms with E-state index in [0.29, 0.717) is 0 Å². The molecule has 1 aliphatic heterocycles. The Morgan fingerprint density at radius 2 is 2.00 bits per heavy atom. The molecule has 0 amide bonds. The lowest BCUT2D eigenvalue weighted by Crippen LogP contribution is -2.43.